The van der Waals surface area contributed by atoms with E-state index in [0.717, 1.165) is 16.9 Å². The van der Waals surface area contributed by atoms with Gasteiger partial charge in [0.2, 0.25) is 0 Å². The molecule has 0 fully saturated rings. The molecule has 84 valence electrons. The fourth-order valence-electron chi connectivity index (χ4n) is 1.78. The van der Waals surface area contributed by atoms with Gasteiger partial charge >= 0.3 is 0 Å². The lowest BCUT2D eigenvalue weighted by molar-refractivity contribution is 0.00769. The molecule has 0 amide bonds. The lowest BCUT2D eigenvalue weighted by atomic mass is 9.91. The Balaban J connectivity index is 3.33. The number of methoxy groups -OCH3 is 2. The zero-order valence-corrected chi connectivity index (χ0v) is 9.83. The van der Waals surface area contributed by atoms with Crippen molar-refractivity contribution < 1.29 is 9.47 Å². The molecule has 1 aromatic rings. The highest BCUT2D eigenvalue weighted by Gasteiger charge is 2.29. The third-order valence-corrected chi connectivity index (χ3v) is 2.82. The van der Waals surface area contributed by atoms with Gasteiger partial charge in [-0.15, -0.1) is 0 Å². The summed E-state index contributed by atoms with van der Waals surface area (Å²) in [5, 5.41) is 0. The summed E-state index contributed by atoms with van der Waals surface area (Å²) in [5.74, 6) is 0.824. The van der Waals surface area contributed by atoms with Gasteiger partial charge in [0.25, 0.3) is 0 Å². The van der Waals surface area contributed by atoms with E-state index in [-0.39, 0.29) is 0 Å². The maximum atomic E-state index is 5.76. The number of ether oxygens (including phenoxy) is 2. The Kier molecular flexibility index (Phi) is 3.72. The summed E-state index contributed by atoms with van der Waals surface area (Å²) < 4.78 is 10.8. The Morgan fingerprint density at radius 1 is 1.33 bits per heavy atom. The van der Waals surface area contributed by atoms with E-state index in [9.17, 15) is 0 Å². The molecule has 0 aromatic heterocycles. The van der Waals surface area contributed by atoms with E-state index in [4.69, 9.17) is 15.2 Å². The first-order chi connectivity index (χ1) is 7.09. The molecule has 1 unspecified atom stereocenters. The molecule has 0 aliphatic carbocycles. The Labute approximate surface area is 91.2 Å². The first kappa shape index (κ1) is 12.0. The molecular formula is C12H19NO2. The van der Waals surface area contributed by atoms with Gasteiger partial charge in [-0.2, -0.15) is 0 Å². The van der Waals surface area contributed by atoms with E-state index < -0.39 is 5.60 Å². The van der Waals surface area contributed by atoms with Crippen molar-refractivity contribution in [3.63, 3.8) is 0 Å². The minimum absolute atomic E-state index is 0.421. The molecular weight excluding hydrogens is 190 g/mol. The minimum Gasteiger partial charge on any atom is -0.496 e. The van der Waals surface area contributed by atoms with Crippen molar-refractivity contribution >= 4 is 0 Å². The lowest BCUT2D eigenvalue weighted by Crippen LogP contribution is -2.34. The van der Waals surface area contributed by atoms with Crippen LogP contribution in [0.15, 0.2) is 18.2 Å². The Hall–Kier alpha value is -1.06. The third-order valence-electron chi connectivity index (χ3n) is 2.82. The van der Waals surface area contributed by atoms with Gasteiger partial charge in [-0.1, -0.05) is 12.1 Å². The Morgan fingerprint density at radius 3 is 2.47 bits per heavy atom. The summed E-state index contributed by atoms with van der Waals surface area (Å²) in [7, 11) is 3.32. The van der Waals surface area contributed by atoms with E-state index in [0.29, 0.717) is 6.54 Å². The van der Waals surface area contributed by atoms with Crippen molar-refractivity contribution in [2.45, 2.75) is 19.4 Å². The first-order valence-electron chi connectivity index (χ1n) is 4.98. The van der Waals surface area contributed by atoms with Crippen LogP contribution < -0.4 is 10.5 Å². The molecule has 0 radical (unpaired) electrons. The van der Waals surface area contributed by atoms with Crippen LogP contribution in [-0.2, 0) is 10.3 Å². The van der Waals surface area contributed by atoms with Crippen LogP contribution in [0.5, 0.6) is 5.75 Å². The molecule has 1 aromatic carbocycles. The SMILES string of the molecule is COc1cccc(C)c1C(C)(CN)OC. The normalized spacial score (nSPS) is 14.7. The molecule has 15 heavy (non-hydrogen) atoms. The van der Waals surface area contributed by atoms with Gasteiger partial charge < -0.3 is 15.2 Å². The summed E-state index contributed by atoms with van der Waals surface area (Å²) in [4.78, 5) is 0. The van der Waals surface area contributed by atoms with Crippen molar-refractivity contribution in [2.75, 3.05) is 20.8 Å². The summed E-state index contributed by atoms with van der Waals surface area (Å²) in [6.45, 7) is 4.42. The van der Waals surface area contributed by atoms with E-state index in [1.54, 1.807) is 14.2 Å². The van der Waals surface area contributed by atoms with Gasteiger partial charge in [-0.3, -0.25) is 0 Å². The van der Waals surface area contributed by atoms with Gasteiger partial charge in [0.05, 0.1) is 7.11 Å². The van der Waals surface area contributed by atoms with Crippen LogP contribution in [0.4, 0.5) is 0 Å². The highest BCUT2D eigenvalue weighted by Crippen LogP contribution is 2.34. The standard InChI is InChI=1S/C12H19NO2/c1-9-6-5-7-10(14-3)11(9)12(2,8-13)15-4/h5-7H,8,13H2,1-4H3. The Morgan fingerprint density at radius 2 is 2.00 bits per heavy atom. The van der Waals surface area contributed by atoms with E-state index >= 15 is 0 Å². The molecule has 0 bridgehead atoms. The molecule has 0 aliphatic rings. The van der Waals surface area contributed by atoms with Crippen molar-refractivity contribution in [1.29, 1.82) is 0 Å². The fraction of sp³-hybridized carbons (Fsp3) is 0.500. The highest BCUT2D eigenvalue weighted by molar-refractivity contribution is 5.43. The van der Waals surface area contributed by atoms with Crippen LogP contribution in [0.25, 0.3) is 0 Å². The molecule has 1 rings (SSSR count). The van der Waals surface area contributed by atoms with Gasteiger partial charge in [0.15, 0.2) is 0 Å². The van der Waals surface area contributed by atoms with E-state index in [2.05, 4.69) is 0 Å². The smallest absolute Gasteiger partial charge is 0.125 e. The molecule has 0 saturated carbocycles. The number of hydrogen-bond acceptors (Lipinski definition) is 3. The zero-order chi connectivity index (χ0) is 11.5. The van der Waals surface area contributed by atoms with Crippen LogP contribution in [0, 0.1) is 6.92 Å². The lowest BCUT2D eigenvalue weighted by Gasteiger charge is -2.30. The molecule has 2 N–H and O–H groups in total. The number of nitrogens with two attached hydrogens (primary N) is 1. The van der Waals surface area contributed by atoms with Crippen LogP contribution in [-0.4, -0.2) is 20.8 Å². The van der Waals surface area contributed by atoms with Crippen molar-refractivity contribution in [3.8, 4) is 5.75 Å². The fourth-order valence-corrected chi connectivity index (χ4v) is 1.78. The average molecular weight is 209 g/mol. The number of rotatable bonds is 4. The van der Waals surface area contributed by atoms with E-state index in [1.807, 2.05) is 32.0 Å². The number of hydrogen-bond donors (Lipinski definition) is 1. The topological polar surface area (TPSA) is 44.5 Å². The van der Waals surface area contributed by atoms with Crippen molar-refractivity contribution in [2.24, 2.45) is 5.73 Å². The first-order valence-corrected chi connectivity index (χ1v) is 4.98. The zero-order valence-electron chi connectivity index (χ0n) is 9.83. The van der Waals surface area contributed by atoms with Crippen LogP contribution in [0.2, 0.25) is 0 Å². The summed E-state index contributed by atoms with van der Waals surface area (Å²) in [6, 6.07) is 5.92. The van der Waals surface area contributed by atoms with E-state index in [1.165, 1.54) is 0 Å². The predicted octanol–water partition coefficient (Wildman–Crippen LogP) is 1.82. The monoisotopic (exact) mass is 209 g/mol. The largest absolute Gasteiger partial charge is 0.496 e. The Bertz CT molecular complexity index is 332. The number of aryl methyl sites for hydroxylation is 1. The maximum Gasteiger partial charge on any atom is 0.125 e. The van der Waals surface area contributed by atoms with Crippen LogP contribution in [0.1, 0.15) is 18.1 Å². The summed E-state index contributed by atoms with van der Waals surface area (Å²) in [5.41, 5.74) is 7.43. The quantitative estimate of drug-likeness (QED) is 0.822. The molecule has 0 aliphatic heterocycles. The molecule has 3 heteroatoms. The third kappa shape index (κ3) is 2.13. The second-order valence-electron chi connectivity index (χ2n) is 3.79. The van der Waals surface area contributed by atoms with Crippen molar-refractivity contribution in [1.82, 2.24) is 0 Å². The second-order valence-corrected chi connectivity index (χ2v) is 3.79. The summed E-state index contributed by atoms with van der Waals surface area (Å²) in [6.07, 6.45) is 0. The molecule has 0 spiro atoms. The molecule has 0 heterocycles. The number of benzene rings is 1. The minimum atomic E-state index is -0.489. The summed E-state index contributed by atoms with van der Waals surface area (Å²) >= 11 is 0. The second kappa shape index (κ2) is 4.64. The van der Waals surface area contributed by atoms with Gasteiger partial charge in [-0.05, 0) is 25.5 Å². The van der Waals surface area contributed by atoms with Crippen LogP contribution >= 0.6 is 0 Å². The van der Waals surface area contributed by atoms with Crippen molar-refractivity contribution in [3.05, 3.63) is 29.3 Å². The van der Waals surface area contributed by atoms with Gasteiger partial charge in [0.1, 0.15) is 11.4 Å². The predicted molar refractivity (Wildman–Crippen MR) is 61.1 cm³/mol. The average Bonchev–Trinajstić information content (AvgIpc) is 2.27. The van der Waals surface area contributed by atoms with Gasteiger partial charge in [0, 0.05) is 19.2 Å². The molecule has 3 nitrogen and oxygen atoms in total. The van der Waals surface area contributed by atoms with Crippen LogP contribution in [0.3, 0.4) is 0 Å². The highest BCUT2D eigenvalue weighted by atomic mass is 16.5. The molecule has 0 saturated heterocycles. The van der Waals surface area contributed by atoms with Gasteiger partial charge in [-0.25, -0.2) is 0 Å². The maximum absolute atomic E-state index is 5.76. The molecule has 1 atom stereocenters.